The monoisotopic (exact) mass is 497 g/mol. The number of nitrogens with zero attached hydrogens (tertiary/aromatic N) is 2. The van der Waals surface area contributed by atoms with Crippen LogP contribution in [0.1, 0.15) is 32.2 Å². The average molecular weight is 498 g/mol. The number of aromatic nitrogens is 2. The van der Waals surface area contributed by atoms with E-state index in [0.717, 1.165) is 26.2 Å². The SMILES string of the molecule is Cc1sc2nc(C)n(NC(=O)c3ccc(COc4ccccc4Br)cc3)c(=O)c2c1C. The molecule has 2 heterocycles. The second kappa shape index (κ2) is 8.64. The van der Waals surface area contributed by atoms with E-state index in [0.29, 0.717) is 28.2 Å². The van der Waals surface area contributed by atoms with Crippen LogP contribution in [0.2, 0.25) is 0 Å². The van der Waals surface area contributed by atoms with E-state index in [2.05, 4.69) is 26.3 Å². The normalized spacial score (nSPS) is 11.0. The van der Waals surface area contributed by atoms with E-state index >= 15 is 0 Å². The molecule has 158 valence electrons. The van der Waals surface area contributed by atoms with Gasteiger partial charge in [0.1, 0.15) is 23.0 Å². The summed E-state index contributed by atoms with van der Waals surface area (Å²) in [5.41, 5.74) is 4.67. The number of carbonyl (C=O) groups excluding carboxylic acids is 1. The first-order valence-electron chi connectivity index (χ1n) is 9.62. The Morgan fingerprint density at radius 1 is 1.13 bits per heavy atom. The summed E-state index contributed by atoms with van der Waals surface area (Å²) in [6.45, 7) is 5.93. The fourth-order valence-electron chi connectivity index (χ4n) is 3.17. The van der Waals surface area contributed by atoms with Crippen LogP contribution in [0.25, 0.3) is 10.2 Å². The number of halogens is 1. The van der Waals surface area contributed by atoms with Gasteiger partial charge in [-0.05, 0) is 72.1 Å². The lowest BCUT2D eigenvalue weighted by molar-refractivity contribution is 0.101. The number of aryl methyl sites for hydroxylation is 3. The Labute approximate surface area is 191 Å². The van der Waals surface area contributed by atoms with E-state index in [1.54, 1.807) is 19.1 Å². The number of carbonyl (C=O) groups is 1. The third-order valence-corrected chi connectivity index (χ3v) is 6.79. The molecule has 0 aliphatic rings. The highest BCUT2D eigenvalue weighted by Gasteiger charge is 2.16. The Morgan fingerprint density at radius 2 is 1.84 bits per heavy atom. The van der Waals surface area contributed by atoms with Crippen molar-refractivity contribution < 1.29 is 9.53 Å². The fourth-order valence-corrected chi connectivity index (χ4v) is 4.63. The molecule has 8 heteroatoms. The van der Waals surface area contributed by atoms with Gasteiger partial charge in [0, 0.05) is 10.4 Å². The molecule has 0 saturated heterocycles. The maximum Gasteiger partial charge on any atom is 0.281 e. The first-order chi connectivity index (χ1) is 14.8. The highest BCUT2D eigenvalue weighted by atomic mass is 79.9. The molecule has 0 unspecified atom stereocenters. The number of para-hydroxylation sites is 1. The summed E-state index contributed by atoms with van der Waals surface area (Å²) in [5.74, 6) is 0.806. The number of thiophene rings is 1. The summed E-state index contributed by atoms with van der Waals surface area (Å²) >= 11 is 4.94. The van der Waals surface area contributed by atoms with Crippen molar-refractivity contribution >= 4 is 43.4 Å². The molecule has 0 atom stereocenters. The first-order valence-corrected chi connectivity index (χ1v) is 11.2. The molecule has 0 bridgehead atoms. The lowest BCUT2D eigenvalue weighted by Crippen LogP contribution is -2.35. The lowest BCUT2D eigenvalue weighted by atomic mass is 10.1. The Balaban J connectivity index is 1.51. The van der Waals surface area contributed by atoms with Crippen LogP contribution in [0.5, 0.6) is 5.75 Å². The van der Waals surface area contributed by atoms with Gasteiger partial charge in [-0.1, -0.05) is 24.3 Å². The van der Waals surface area contributed by atoms with Gasteiger partial charge in [-0.15, -0.1) is 11.3 Å². The summed E-state index contributed by atoms with van der Waals surface area (Å²) in [6, 6.07) is 14.7. The van der Waals surface area contributed by atoms with Gasteiger partial charge >= 0.3 is 0 Å². The van der Waals surface area contributed by atoms with Gasteiger partial charge in [0.05, 0.1) is 9.86 Å². The Bertz CT molecular complexity index is 1340. The second-order valence-corrected chi connectivity index (χ2v) is 9.18. The van der Waals surface area contributed by atoms with Gasteiger partial charge in [-0.25, -0.2) is 9.66 Å². The predicted octanol–water partition coefficient (Wildman–Crippen LogP) is 5.11. The molecular formula is C23H20BrN3O3S. The molecule has 4 aromatic rings. The molecule has 0 spiro atoms. The van der Waals surface area contributed by atoms with E-state index < -0.39 is 0 Å². The van der Waals surface area contributed by atoms with Gasteiger partial charge in [-0.2, -0.15) is 0 Å². The number of ether oxygens (including phenoxy) is 1. The Hall–Kier alpha value is -2.97. The largest absolute Gasteiger partial charge is 0.488 e. The predicted molar refractivity (Wildman–Crippen MR) is 127 cm³/mol. The molecule has 1 N–H and O–H groups in total. The van der Waals surface area contributed by atoms with Crippen molar-refractivity contribution in [3.8, 4) is 5.75 Å². The second-order valence-electron chi connectivity index (χ2n) is 7.12. The Kier molecular flexibility index (Phi) is 5.93. The van der Waals surface area contributed by atoms with Crippen molar-refractivity contribution in [3.05, 3.63) is 90.7 Å². The number of benzene rings is 2. The van der Waals surface area contributed by atoms with Crippen molar-refractivity contribution in [1.82, 2.24) is 9.66 Å². The van der Waals surface area contributed by atoms with Crippen molar-refractivity contribution in [3.63, 3.8) is 0 Å². The molecule has 2 aromatic carbocycles. The lowest BCUT2D eigenvalue weighted by Gasteiger charge is -2.12. The topological polar surface area (TPSA) is 73.2 Å². The van der Waals surface area contributed by atoms with Gasteiger partial charge in [0.15, 0.2) is 0 Å². The smallest absolute Gasteiger partial charge is 0.281 e. The van der Waals surface area contributed by atoms with E-state index in [-0.39, 0.29) is 11.5 Å². The third-order valence-electron chi connectivity index (χ3n) is 5.03. The number of hydrogen-bond donors (Lipinski definition) is 1. The van der Waals surface area contributed by atoms with Crippen LogP contribution in [-0.4, -0.2) is 15.6 Å². The van der Waals surface area contributed by atoms with Gasteiger partial charge in [-0.3, -0.25) is 15.0 Å². The standard InChI is InChI=1S/C23H20BrN3O3S/c1-13-14(2)31-22-20(13)23(29)27(15(3)25-22)26-21(28)17-10-8-16(9-11-17)12-30-19-7-5-4-6-18(19)24/h4-11H,12H2,1-3H3,(H,26,28). The zero-order valence-corrected chi connectivity index (χ0v) is 19.6. The van der Waals surface area contributed by atoms with Crippen molar-refractivity contribution in [1.29, 1.82) is 0 Å². The van der Waals surface area contributed by atoms with Gasteiger partial charge in [0.2, 0.25) is 0 Å². The minimum absolute atomic E-state index is 0.267. The van der Waals surface area contributed by atoms with Crippen LogP contribution in [0.3, 0.4) is 0 Å². The molecule has 0 aliphatic carbocycles. The highest BCUT2D eigenvalue weighted by molar-refractivity contribution is 9.10. The van der Waals surface area contributed by atoms with Gasteiger partial charge < -0.3 is 4.74 Å². The minimum atomic E-state index is -0.380. The molecule has 1 amide bonds. The average Bonchev–Trinajstić information content (AvgIpc) is 3.04. The van der Waals surface area contributed by atoms with Crippen molar-refractivity contribution in [2.24, 2.45) is 0 Å². The van der Waals surface area contributed by atoms with Crippen LogP contribution in [-0.2, 0) is 6.61 Å². The number of rotatable bonds is 5. The molecule has 4 rings (SSSR count). The van der Waals surface area contributed by atoms with Crippen LogP contribution < -0.4 is 15.7 Å². The molecule has 0 saturated carbocycles. The van der Waals surface area contributed by atoms with E-state index in [9.17, 15) is 9.59 Å². The molecule has 0 radical (unpaired) electrons. The number of fused-ring (bicyclic) bond motifs is 1. The molecular weight excluding hydrogens is 478 g/mol. The minimum Gasteiger partial charge on any atom is -0.488 e. The van der Waals surface area contributed by atoms with Gasteiger partial charge in [0.25, 0.3) is 11.5 Å². The summed E-state index contributed by atoms with van der Waals surface area (Å²) < 4.78 is 7.90. The molecule has 2 aromatic heterocycles. The van der Waals surface area contributed by atoms with Crippen LogP contribution >= 0.6 is 27.3 Å². The summed E-state index contributed by atoms with van der Waals surface area (Å²) in [7, 11) is 0. The molecule has 0 aliphatic heterocycles. The highest BCUT2D eigenvalue weighted by Crippen LogP contribution is 2.26. The zero-order chi connectivity index (χ0) is 22.1. The fraction of sp³-hybridized carbons (Fsp3) is 0.174. The van der Waals surface area contributed by atoms with E-state index in [1.807, 2.05) is 50.2 Å². The zero-order valence-electron chi connectivity index (χ0n) is 17.2. The summed E-state index contributed by atoms with van der Waals surface area (Å²) in [4.78, 5) is 31.9. The van der Waals surface area contributed by atoms with E-state index in [4.69, 9.17) is 4.74 Å². The van der Waals surface area contributed by atoms with Crippen LogP contribution in [0.15, 0.2) is 57.8 Å². The maximum absolute atomic E-state index is 12.9. The van der Waals surface area contributed by atoms with Crippen molar-refractivity contribution in [2.45, 2.75) is 27.4 Å². The van der Waals surface area contributed by atoms with Crippen LogP contribution in [0.4, 0.5) is 0 Å². The third kappa shape index (κ3) is 4.26. The van der Waals surface area contributed by atoms with Crippen LogP contribution in [0, 0.1) is 20.8 Å². The first kappa shape index (κ1) is 21.3. The molecule has 6 nitrogen and oxygen atoms in total. The Morgan fingerprint density at radius 3 is 2.55 bits per heavy atom. The quantitative estimate of drug-likeness (QED) is 0.415. The van der Waals surface area contributed by atoms with Crippen molar-refractivity contribution in [2.75, 3.05) is 5.43 Å². The number of amides is 1. The van der Waals surface area contributed by atoms with E-state index in [1.165, 1.54) is 16.0 Å². The number of nitrogens with one attached hydrogen (secondary N) is 1. The summed E-state index contributed by atoms with van der Waals surface area (Å²) in [5, 5.41) is 0.549. The summed E-state index contributed by atoms with van der Waals surface area (Å²) in [6.07, 6.45) is 0. The molecule has 31 heavy (non-hydrogen) atoms. The molecule has 0 fully saturated rings. The maximum atomic E-state index is 12.9. The number of hydrogen-bond acceptors (Lipinski definition) is 5.